The molecule has 0 aromatic carbocycles. The van der Waals surface area contributed by atoms with Gasteiger partial charge in [0.05, 0.1) is 5.56 Å². The molecule has 0 atom stereocenters. The minimum Gasteiger partial charge on any atom is -0.294 e. The number of nitrogens with one attached hydrogen (secondary N) is 1. The molecule has 2 bridgehead atoms. The number of pyridine rings is 1. The van der Waals surface area contributed by atoms with Gasteiger partial charge in [-0.05, 0) is 25.0 Å². The van der Waals surface area contributed by atoms with Gasteiger partial charge in [0.25, 0.3) is 17.7 Å². The third kappa shape index (κ3) is 1.08. The van der Waals surface area contributed by atoms with Crippen LogP contribution < -0.4 is 5.32 Å². The lowest BCUT2D eigenvalue weighted by molar-refractivity contribution is -0.158. The van der Waals surface area contributed by atoms with Crippen LogP contribution in [0.4, 0.5) is 0 Å². The van der Waals surface area contributed by atoms with Crippen molar-refractivity contribution in [2.75, 3.05) is 0 Å². The van der Waals surface area contributed by atoms with Crippen LogP contribution >= 0.6 is 0 Å². The van der Waals surface area contributed by atoms with Gasteiger partial charge in [0.1, 0.15) is 11.2 Å². The van der Waals surface area contributed by atoms with Crippen molar-refractivity contribution in [1.82, 2.24) is 15.2 Å². The Labute approximate surface area is 113 Å². The first kappa shape index (κ1) is 11.3. The maximum absolute atomic E-state index is 12.4. The number of nitrogens with zero attached hydrogens (tertiary/aromatic N) is 2. The van der Waals surface area contributed by atoms with E-state index in [1.165, 1.54) is 12.3 Å². The second-order valence-electron chi connectivity index (χ2n) is 5.30. The molecule has 20 heavy (non-hydrogen) atoms. The Hall–Kier alpha value is -2.57. The largest absolute Gasteiger partial charge is 0.294 e. The molecule has 1 aromatic heterocycles. The van der Waals surface area contributed by atoms with E-state index < -0.39 is 23.3 Å². The second-order valence-corrected chi connectivity index (χ2v) is 5.30. The van der Waals surface area contributed by atoms with E-state index >= 15 is 0 Å². The fourth-order valence-corrected chi connectivity index (χ4v) is 3.20. The zero-order chi connectivity index (χ0) is 14.1. The van der Waals surface area contributed by atoms with Crippen molar-refractivity contribution in [2.24, 2.45) is 5.92 Å². The highest BCUT2D eigenvalue weighted by Crippen LogP contribution is 2.48. The molecule has 0 unspecified atom stereocenters. The van der Waals surface area contributed by atoms with Crippen molar-refractivity contribution in [2.45, 2.75) is 18.4 Å². The third-order valence-electron chi connectivity index (χ3n) is 4.27. The minimum absolute atomic E-state index is 0.0695. The highest BCUT2D eigenvalue weighted by atomic mass is 16.2. The molecule has 1 aromatic rings. The quantitative estimate of drug-likeness (QED) is 0.693. The Kier molecular flexibility index (Phi) is 1.86. The fraction of sp³-hybridized carbons (Fsp3) is 0.308. The molecule has 100 valence electrons. The summed E-state index contributed by atoms with van der Waals surface area (Å²) in [4.78, 5) is 53.1. The van der Waals surface area contributed by atoms with Gasteiger partial charge in [0.2, 0.25) is 5.91 Å². The molecule has 4 heterocycles. The zero-order valence-electron chi connectivity index (χ0n) is 10.3. The Morgan fingerprint density at radius 2 is 1.95 bits per heavy atom. The fourth-order valence-electron chi connectivity index (χ4n) is 3.20. The Morgan fingerprint density at radius 1 is 1.20 bits per heavy atom. The van der Waals surface area contributed by atoms with Crippen LogP contribution in [-0.4, -0.2) is 39.1 Å². The number of hydrogen-bond donors (Lipinski definition) is 1. The van der Waals surface area contributed by atoms with Crippen LogP contribution in [0.5, 0.6) is 0 Å². The molecule has 0 spiro atoms. The number of aromatic nitrogens is 1. The van der Waals surface area contributed by atoms with E-state index in [1.807, 2.05) is 0 Å². The van der Waals surface area contributed by atoms with Crippen molar-refractivity contribution in [3.8, 4) is 0 Å². The van der Waals surface area contributed by atoms with Crippen molar-refractivity contribution >= 4 is 23.6 Å². The third-order valence-corrected chi connectivity index (χ3v) is 4.27. The number of rotatable bonds is 1. The summed E-state index contributed by atoms with van der Waals surface area (Å²) in [6, 6.07) is 3.08. The lowest BCUT2D eigenvalue weighted by atomic mass is 9.63. The van der Waals surface area contributed by atoms with Gasteiger partial charge in [0.15, 0.2) is 0 Å². The molecule has 7 nitrogen and oxygen atoms in total. The van der Waals surface area contributed by atoms with Crippen LogP contribution in [0.1, 0.15) is 33.7 Å². The highest BCUT2D eigenvalue weighted by Gasteiger charge is 2.65. The number of imide groups is 2. The molecule has 7 heteroatoms. The molecular formula is C13H9N3O4. The summed E-state index contributed by atoms with van der Waals surface area (Å²) in [6.45, 7) is 0. The highest BCUT2D eigenvalue weighted by molar-refractivity contribution is 6.24. The van der Waals surface area contributed by atoms with Gasteiger partial charge in [0, 0.05) is 12.1 Å². The van der Waals surface area contributed by atoms with Gasteiger partial charge in [-0.2, -0.15) is 0 Å². The molecular weight excluding hydrogens is 262 g/mol. The van der Waals surface area contributed by atoms with E-state index in [1.54, 1.807) is 6.07 Å². The van der Waals surface area contributed by atoms with Crippen LogP contribution in [-0.2, 0) is 9.59 Å². The summed E-state index contributed by atoms with van der Waals surface area (Å²) >= 11 is 0. The lowest BCUT2D eigenvalue weighted by Crippen LogP contribution is -2.74. The number of hydrogen-bond acceptors (Lipinski definition) is 5. The van der Waals surface area contributed by atoms with Crippen molar-refractivity contribution in [3.63, 3.8) is 0 Å². The maximum atomic E-state index is 12.4. The SMILES string of the molecule is O=C1NC(=O)C2(N3C(=O)c4cccnc4C3=O)CC1C2. The molecule has 3 fully saturated rings. The van der Waals surface area contributed by atoms with E-state index in [9.17, 15) is 19.2 Å². The van der Waals surface area contributed by atoms with Crippen LogP contribution in [0.15, 0.2) is 18.3 Å². The van der Waals surface area contributed by atoms with Crippen LogP contribution in [0.3, 0.4) is 0 Å². The first-order chi connectivity index (χ1) is 9.54. The van der Waals surface area contributed by atoms with Crippen LogP contribution in [0.2, 0.25) is 0 Å². The maximum Gasteiger partial charge on any atom is 0.281 e. The number of piperidine rings is 2. The van der Waals surface area contributed by atoms with E-state index in [-0.39, 0.29) is 35.9 Å². The number of fused-ring (bicyclic) bond motifs is 3. The number of carbonyl (C=O) groups excluding carboxylic acids is 4. The lowest BCUT2D eigenvalue weighted by Gasteiger charge is -2.52. The smallest absolute Gasteiger partial charge is 0.281 e. The van der Waals surface area contributed by atoms with Gasteiger partial charge in [-0.15, -0.1) is 0 Å². The average molecular weight is 271 g/mol. The van der Waals surface area contributed by atoms with Gasteiger partial charge >= 0.3 is 0 Å². The number of amides is 4. The van der Waals surface area contributed by atoms with Crippen molar-refractivity contribution < 1.29 is 19.2 Å². The summed E-state index contributed by atoms with van der Waals surface area (Å²) < 4.78 is 0. The standard InChI is InChI=1S/C13H9N3O4/c17-9-6-4-13(5-6,12(20)15-9)16-10(18)7-2-1-3-14-8(7)11(16)19/h1-3,6H,4-5H2,(H,15,17,20). The topological polar surface area (TPSA) is 96.4 Å². The second kappa shape index (κ2) is 3.30. The number of carbonyl (C=O) groups is 4. The Bertz CT molecular complexity index is 670. The molecule has 1 saturated carbocycles. The van der Waals surface area contributed by atoms with Crippen molar-refractivity contribution in [1.29, 1.82) is 0 Å². The first-order valence-corrected chi connectivity index (χ1v) is 6.24. The summed E-state index contributed by atoms with van der Waals surface area (Å²) in [7, 11) is 0. The van der Waals surface area contributed by atoms with Gasteiger partial charge in [-0.3, -0.25) is 34.4 Å². The Morgan fingerprint density at radius 3 is 2.60 bits per heavy atom. The molecule has 4 amide bonds. The van der Waals surface area contributed by atoms with Crippen LogP contribution in [0, 0.1) is 5.92 Å². The molecule has 5 rings (SSSR count). The average Bonchev–Trinajstić information content (AvgIpc) is 2.63. The first-order valence-electron chi connectivity index (χ1n) is 6.24. The van der Waals surface area contributed by atoms with Gasteiger partial charge in [-0.1, -0.05) is 0 Å². The molecule has 4 aliphatic rings. The monoisotopic (exact) mass is 271 g/mol. The van der Waals surface area contributed by atoms with Crippen molar-refractivity contribution in [3.05, 3.63) is 29.6 Å². The molecule has 1 N–H and O–H groups in total. The summed E-state index contributed by atoms with van der Waals surface area (Å²) in [5.74, 6) is -2.27. The predicted octanol–water partition coefficient (Wildman–Crippen LogP) is -0.517. The van der Waals surface area contributed by atoms with E-state index in [4.69, 9.17) is 0 Å². The van der Waals surface area contributed by atoms with Crippen LogP contribution in [0.25, 0.3) is 0 Å². The summed E-state index contributed by atoms with van der Waals surface area (Å²) in [5, 5.41) is 2.22. The Balaban J connectivity index is 1.79. The van der Waals surface area contributed by atoms with E-state index in [2.05, 4.69) is 10.3 Å². The normalized spacial score (nSPS) is 31.0. The summed E-state index contributed by atoms with van der Waals surface area (Å²) in [6.07, 6.45) is 1.85. The zero-order valence-corrected chi connectivity index (χ0v) is 10.3. The molecule has 1 aliphatic carbocycles. The predicted molar refractivity (Wildman–Crippen MR) is 63.3 cm³/mol. The van der Waals surface area contributed by atoms with Gasteiger partial charge in [-0.25, -0.2) is 0 Å². The summed E-state index contributed by atoms with van der Waals surface area (Å²) in [5.41, 5.74) is -0.937. The molecule has 2 saturated heterocycles. The minimum atomic E-state index is -1.21. The van der Waals surface area contributed by atoms with E-state index in [0.717, 1.165) is 4.90 Å². The van der Waals surface area contributed by atoms with Gasteiger partial charge < -0.3 is 0 Å². The van der Waals surface area contributed by atoms with E-state index in [0.29, 0.717) is 0 Å². The molecule has 0 radical (unpaired) electrons. The molecule has 3 aliphatic heterocycles.